The second kappa shape index (κ2) is 7.53. The fraction of sp³-hybridized carbons (Fsp3) is 0.250. The topological polar surface area (TPSA) is 110 Å². The van der Waals surface area contributed by atoms with E-state index in [2.05, 4.69) is 10.6 Å². The van der Waals surface area contributed by atoms with Gasteiger partial charge in [-0.25, -0.2) is 4.79 Å². The molecule has 6 heteroatoms. The van der Waals surface area contributed by atoms with Crippen molar-refractivity contribution in [3.05, 3.63) is 42.5 Å². The lowest BCUT2D eigenvalue weighted by Gasteiger charge is -2.12. The van der Waals surface area contributed by atoms with Crippen LogP contribution < -0.4 is 22.1 Å². The third kappa shape index (κ3) is 4.28. The molecule has 0 radical (unpaired) electrons. The highest BCUT2D eigenvalue weighted by Gasteiger charge is 2.15. The molecule has 22 heavy (non-hydrogen) atoms. The third-order valence-corrected chi connectivity index (χ3v) is 3.30. The van der Waals surface area contributed by atoms with Gasteiger partial charge in [-0.05, 0) is 42.3 Å². The molecule has 0 bridgehead atoms. The summed E-state index contributed by atoms with van der Waals surface area (Å²) in [7, 11) is 0. The van der Waals surface area contributed by atoms with E-state index in [1.807, 2.05) is 36.4 Å². The van der Waals surface area contributed by atoms with Crippen LogP contribution in [0.4, 0.5) is 10.5 Å². The van der Waals surface area contributed by atoms with E-state index in [1.54, 1.807) is 6.07 Å². The summed E-state index contributed by atoms with van der Waals surface area (Å²) in [6.07, 6.45) is 1.09. The average Bonchev–Trinajstić information content (AvgIpc) is 2.52. The summed E-state index contributed by atoms with van der Waals surface area (Å²) >= 11 is 0. The monoisotopic (exact) mass is 300 g/mol. The van der Waals surface area contributed by atoms with E-state index in [9.17, 15) is 9.59 Å². The Hall–Kier alpha value is -2.44. The van der Waals surface area contributed by atoms with Gasteiger partial charge in [0.15, 0.2) is 0 Å². The molecule has 0 fully saturated rings. The zero-order valence-corrected chi connectivity index (χ0v) is 12.2. The van der Waals surface area contributed by atoms with Crippen LogP contribution in [0.3, 0.4) is 0 Å². The summed E-state index contributed by atoms with van der Waals surface area (Å²) < 4.78 is 0. The highest BCUT2D eigenvalue weighted by Crippen LogP contribution is 2.18. The number of fused-ring (bicyclic) bond motifs is 1. The Balaban J connectivity index is 1.94. The summed E-state index contributed by atoms with van der Waals surface area (Å²) in [6.45, 7) is 0.463. The SMILES string of the molecule is NCCC[C@H](N)C(=O)NC(=O)Nc1ccc2ccccc2c1. The Morgan fingerprint density at radius 3 is 2.55 bits per heavy atom. The van der Waals surface area contributed by atoms with Crippen LogP contribution >= 0.6 is 0 Å². The summed E-state index contributed by atoms with van der Waals surface area (Å²) in [5, 5.41) is 6.94. The number of carbonyl (C=O) groups is 2. The van der Waals surface area contributed by atoms with Crippen molar-refractivity contribution < 1.29 is 9.59 Å². The first-order chi connectivity index (χ1) is 10.6. The van der Waals surface area contributed by atoms with Crippen molar-refractivity contribution in [2.75, 3.05) is 11.9 Å². The largest absolute Gasteiger partial charge is 0.330 e. The Morgan fingerprint density at radius 2 is 1.82 bits per heavy atom. The lowest BCUT2D eigenvalue weighted by Crippen LogP contribution is -2.45. The van der Waals surface area contributed by atoms with Gasteiger partial charge in [-0.1, -0.05) is 30.3 Å². The smallest absolute Gasteiger partial charge is 0.325 e. The van der Waals surface area contributed by atoms with E-state index in [0.717, 1.165) is 10.8 Å². The van der Waals surface area contributed by atoms with Crippen LogP contribution in [0.25, 0.3) is 10.8 Å². The number of anilines is 1. The number of imide groups is 1. The molecular formula is C16H20N4O2. The van der Waals surface area contributed by atoms with Crippen molar-refractivity contribution in [3.8, 4) is 0 Å². The fourth-order valence-corrected chi connectivity index (χ4v) is 2.10. The minimum atomic E-state index is -0.731. The van der Waals surface area contributed by atoms with E-state index in [1.165, 1.54) is 0 Å². The summed E-state index contributed by atoms with van der Waals surface area (Å²) in [6, 6.07) is 12.0. The molecule has 0 aromatic heterocycles. The molecule has 6 nitrogen and oxygen atoms in total. The van der Waals surface area contributed by atoms with Crippen molar-refractivity contribution >= 4 is 28.4 Å². The van der Waals surface area contributed by atoms with Gasteiger partial charge in [0.2, 0.25) is 5.91 Å². The Bertz CT molecular complexity index is 672. The fourth-order valence-electron chi connectivity index (χ4n) is 2.10. The number of urea groups is 1. The number of nitrogens with two attached hydrogens (primary N) is 2. The number of benzene rings is 2. The lowest BCUT2D eigenvalue weighted by atomic mass is 10.1. The highest BCUT2D eigenvalue weighted by molar-refractivity contribution is 6.03. The van der Waals surface area contributed by atoms with Gasteiger partial charge in [0.1, 0.15) is 0 Å². The molecule has 116 valence electrons. The van der Waals surface area contributed by atoms with Gasteiger partial charge in [-0.15, -0.1) is 0 Å². The van der Waals surface area contributed by atoms with E-state index in [-0.39, 0.29) is 0 Å². The van der Waals surface area contributed by atoms with Crippen molar-refractivity contribution in [3.63, 3.8) is 0 Å². The van der Waals surface area contributed by atoms with Crippen LogP contribution in [-0.2, 0) is 4.79 Å². The second-order valence-corrected chi connectivity index (χ2v) is 5.04. The minimum absolute atomic E-state index is 0.450. The van der Waals surface area contributed by atoms with Gasteiger partial charge in [-0.2, -0.15) is 0 Å². The normalized spacial score (nSPS) is 11.9. The number of carbonyl (C=O) groups excluding carboxylic acids is 2. The van der Waals surface area contributed by atoms with E-state index in [0.29, 0.717) is 25.1 Å². The predicted molar refractivity (Wildman–Crippen MR) is 87.4 cm³/mol. The molecule has 0 unspecified atom stereocenters. The maximum atomic E-state index is 11.8. The van der Waals surface area contributed by atoms with Gasteiger partial charge in [-0.3, -0.25) is 10.1 Å². The van der Waals surface area contributed by atoms with Crippen LogP contribution in [-0.4, -0.2) is 24.5 Å². The molecule has 2 aromatic rings. The van der Waals surface area contributed by atoms with Crippen molar-refractivity contribution in [1.29, 1.82) is 0 Å². The average molecular weight is 300 g/mol. The molecule has 0 aliphatic heterocycles. The van der Waals surface area contributed by atoms with E-state index in [4.69, 9.17) is 11.5 Å². The summed E-state index contributed by atoms with van der Waals surface area (Å²) in [5.41, 5.74) is 11.6. The molecule has 0 saturated carbocycles. The van der Waals surface area contributed by atoms with Gasteiger partial charge in [0, 0.05) is 5.69 Å². The zero-order valence-electron chi connectivity index (χ0n) is 12.2. The van der Waals surface area contributed by atoms with Gasteiger partial charge >= 0.3 is 6.03 Å². The molecule has 0 aliphatic carbocycles. The van der Waals surface area contributed by atoms with E-state index >= 15 is 0 Å². The number of nitrogens with one attached hydrogen (secondary N) is 2. The third-order valence-electron chi connectivity index (χ3n) is 3.30. The number of amides is 3. The lowest BCUT2D eigenvalue weighted by molar-refractivity contribution is -0.121. The number of hydrogen-bond acceptors (Lipinski definition) is 4. The van der Waals surface area contributed by atoms with E-state index < -0.39 is 18.0 Å². The highest BCUT2D eigenvalue weighted by atomic mass is 16.2. The minimum Gasteiger partial charge on any atom is -0.330 e. The van der Waals surface area contributed by atoms with Crippen LogP contribution in [0.2, 0.25) is 0 Å². The van der Waals surface area contributed by atoms with Gasteiger partial charge in [0.05, 0.1) is 6.04 Å². The first-order valence-corrected chi connectivity index (χ1v) is 7.16. The molecule has 2 rings (SSSR count). The predicted octanol–water partition coefficient (Wildman–Crippen LogP) is 1.55. The Labute approximate surface area is 128 Å². The molecule has 0 aliphatic rings. The molecule has 0 spiro atoms. The number of rotatable bonds is 5. The van der Waals surface area contributed by atoms with Crippen molar-refractivity contribution in [1.82, 2.24) is 5.32 Å². The molecule has 0 heterocycles. The van der Waals surface area contributed by atoms with Gasteiger partial charge < -0.3 is 16.8 Å². The molecule has 1 atom stereocenters. The number of hydrogen-bond donors (Lipinski definition) is 4. The maximum Gasteiger partial charge on any atom is 0.325 e. The standard InChI is InChI=1S/C16H20N4O2/c17-9-3-6-14(18)15(21)20-16(22)19-13-8-7-11-4-1-2-5-12(11)10-13/h1-2,4-5,7-8,10,14H,3,6,9,17-18H2,(H2,19,20,21,22)/t14-/m0/s1. The van der Waals surface area contributed by atoms with Crippen LogP contribution in [0, 0.1) is 0 Å². The van der Waals surface area contributed by atoms with Crippen molar-refractivity contribution in [2.45, 2.75) is 18.9 Å². The molecule has 3 amide bonds. The first-order valence-electron chi connectivity index (χ1n) is 7.16. The maximum absolute atomic E-state index is 11.8. The first kappa shape index (κ1) is 15.9. The Kier molecular flexibility index (Phi) is 5.46. The van der Waals surface area contributed by atoms with Crippen LogP contribution in [0.5, 0.6) is 0 Å². The molecule has 6 N–H and O–H groups in total. The quantitative estimate of drug-likeness (QED) is 0.671. The molecule has 0 saturated heterocycles. The molecular weight excluding hydrogens is 280 g/mol. The van der Waals surface area contributed by atoms with Crippen LogP contribution in [0.1, 0.15) is 12.8 Å². The zero-order chi connectivity index (χ0) is 15.9. The Morgan fingerprint density at radius 1 is 1.09 bits per heavy atom. The van der Waals surface area contributed by atoms with Crippen LogP contribution in [0.15, 0.2) is 42.5 Å². The van der Waals surface area contributed by atoms with Crippen molar-refractivity contribution in [2.24, 2.45) is 11.5 Å². The molecule has 2 aromatic carbocycles. The second-order valence-electron chi connectivity index (χ2n) is 5.04. The summed E-state index contributed by atoms with van der Waals surface area (Å²) in [5.74, 6) is -0.508. The summed E-state index contributed by atoms with van der Waals surface area (Å²) in [4.78, 5) is 23.5. The van der Waals surface area contributed by atoms with Gasteiger partial charge in [0.25, 0.3) is 0 Å².